The van der Waals surface area contributed by atoms with E-state index < -0.39 is 59.4 Å². The number of carboxylic acid groups (broad SMARTS) is 2. The fourth-order valence-corrected chi connectivity index (χ4v) is 8.83. The zero-order valence-electron chi connectivity index (χ0n) is 48.8. The van der Waals surface area contributed by atoms with E-state index in [-0.39, 0.29) is 121 Å². The Balaban J connectivity index is 1.98. The number of aromatic nitrogens is 2. The Hall–Kier alpha value is -5.40. The molecule has 0 radical (unpaired) electrons. The number of aromatic amines is 1. The van der Waals surface area contributed by atoms with Crippen LogP contribution in [-0.2, 0) is 73.3 Å². The first-order chi connectivity index (χ1) is 39.7. The van der Waals surface area contributed by atoms with E-state index in [4.69, 9.17) is 24.7 Å². The van der Waals surface area contributed by atoms with Crippen LogP contribution in [0.4, 0.5) is 0 Å². The molecule has 0 saturated carbocycles. The molecule has 5 atom stereocenters. The van der Waals surface area contributed by atoms with Gasteiger partial charge in [-0.3, -0.25) is 38.4 Å². The van der Waals surface area contributed by atoms with Crippen LogP contribution in [0.2, 0.25) is 0 Å². The number of imidazole rings is 1. The fraction of sp³-hybridized carbons (Fsp3) is 0.764. The van der Waals surface area contributed by atoms with Crippen molar-refractivity contribution in [3.8, 4) is 0 Å². The number of aryl methyl sites for hydroxylation is 1. The highest BCUT2D eigenvalue weighted by atomic mass is 127. The molecule has 0 aliphatic carbocycles. The zero-order valence-corrected chi connectivity index (χ0v) is 51.0. The molecule has 1 heterocycles. The molecule has 83 heavy (non-hydrogen) atoms. The highest BCUT2D eigenvalue weighted by Crippen LogP contribution is 2.22. The SMILES string of the molecule is C[C@@H](O)[C@H](NC(=O)[C@H](CCCCNC(=O)COCCOCCNC(=O)COCCOCCNC(=O)CC[C@H](NC(=O)CCCCCCCCCCCCCCCC(C(=O)O)c1nc(CCC(=O)NC(C)(C)C=O)c[nH]1)C(=O)O)NI)C(N)=O. The summed E-state index contributed by atoms with van der Waals surface area (Å²) < 4.78 is 24.2. The number of amides is 7. The van der Waals surface area contributed by atoms with Gasteiger partial charge in [0.2, 0.25) is 41.4 Å². The van der Waals surface area contributed by atoms with Gasteiger partial charge >= 0.3 is 11.9 Å². The molecule has 0 saturated heterocycles. The summed E-state index contributed by atoms with van der Waals surface area (Å²) in [5, 5.41) is 44.7. The van der Waals surface area contributed by atoms with Crippen molar-refractivity contribution in [3.05, 3.63) is 17.7 Å². The summed E-state index contributed by atoms with van der Waals surface area (Å²) in [4.78, 5) is 127. The number of carbonyl (C=O) groups is 10. The van der Waals surface area contributed by atoms with Gasteiger partial charge in [0.05, 0.1) is 63.0 Å². The number of H-pyrrole nitrogens is 1. The van der Waals surface area contributed by atoms with E-state index in [1.54, 1.807) is 20.0 Å². The maximum atomic E-state index is 12.5. The van der Waals surface area contributed by atoms with Crippen molar-refractivity contribution in [2.75, 3.05) is 72.5 Å². The Kier molecular flexibility index (Phi) is 42.7. The van der Waals surface area contributed by atoms with E-state index in [9.17, 15) is 63.3 Å². The molecule has 0 aliphatic heterocycles. The number of aldehydes is 1. The second-order valence-electron chi connectivity index (χ2n) is 20.9. The van der Waals surface area contributed by atoms with Crippen molar-refractivity contribution < 1.29 is 82.2 Å². The Bertz CT molecular complexity index is 2070. The molecular weight excluding hydrogens is 1200 g/mol. The third kappa shape index (κ3) is 39.7. The number of hydrogen-bond acceptors (Lipinski definition) is 17. The Morgan fingerprint density at radius 3 is 1.65 bits per heavy atom. The lowest BCUT2D eigenvalue weighted by atomic mass is 9.99. The van der Waals surface area contributed by atoms with Gasteiger partial charge in [0.15, 0.2) is 0 Å². The number of nitrogens with one attached hydrogen (secondary N) is 8. The Morgan fingerprint density at radius 1 is 0.614 bits per heavy atom. The summed E-state index contributed by atoms with van der Waals surface area (Å²) in [5.74, 6) is -5.50. The van der Waals surface area contributed by atoms with Crippen LogP contribution in [0, 0.1) is 0 Å². The number of halogens is 1. The third-order valence-corrected chi connectivity index (χ3v) is 13.7. The lowest BCUT2D eigenvalue weighted by Crippen LogP contribution is -2.54. The molecule has 0 aromatic carbocycles. The fourth-order valence-electron chi connectivity index (χ4n) is 8.24. The average Bonchev–Trinajstić information content (AvgIpc) is 3.99. The Labute approximate surface area is 501 Å². The van der Waals surface area contributed by atoms with E-state index in [2.05, 4.69) is 45.4 Å². The Morgan fingerprint density at radius 2 is 1.13 bits per heavy atom. The number of nitrogens with zero attached hydrogens (tertiary/aromatic N) is 1. The van der Waals surface area contributed by atoms with Crippen LogP contribution in [0.1, 0.15) is 173 Å². The van der Waals surface area contributed by atoms with Crippen LogP contribution in [0.15, 0.2) is 6.20 Å². The molecule has 1 rings (SSSR count). The van der Waals surface area contributed by atoms with E-state index in [0.29, 0.717) is 62.9 Å². The smallest absolute Gasteiger partial charge is 0.326 e. The summed E-state index contributed by atoms with van der Waals surface area (Å²) in [7, 11) is 0. The van der Waals surface area contributed by atoms with Crippen LogP contribution < -0.4 is 41.2 Å². The summed E-state index contributed by atoms with van der Waals surface area (Å²) in [6.45, 7) is 6.03. The minimum atomic E-state index is -1.21. The summed E-state index contributed by atoms with van der Waals surface area (Å²) >= 11 is 1.83. The first kappa shape index (κ1) is 75.6. The van der Waals surface area contributed by atoms with Crippen LogP contribution in [-0.4, -0.2) is 187 Å². The number of unbranched alkanes of at least 4 members (excludes halogenated alkanes) is 13. The summed E-state index contributed by atoms with van der Waals surface area (Å²) in [5.41, 5.74) is 4.88. The average molecular weight is 1300 g/mol. The minimum Gasteiger partial charge on any atom is -0.481 e. The van der Waals surface area contributed by atoms with Crippen LogP contribution >= 0.6 is 22.9 Å². The van der Waals surface area contributed by atoms with Gasteiger partial charge in [-0.2, -0.15) is 0 Å². The van der Waals surface area contributed by atoms with Crippen LogP contribution in [0.3, 0.4) is 0 Å². The lowest BCUT2D eigenvalue weighted by Gasteiger charge is -2.21. The normalized spacial score (nSPS) is 13.2. The molecule has 28 heteroatoms. The number of carbonyl (C=O) groups excluding carboxylic acids is 8. The first-order valence-electron chi connectivity index (χ1n) is 29.0. The van der Waals surface area contributed by atoms with Gasteiger partial charge in [0.25, 0.3) is 0 Å². The second kappa shape index (κ2) is 46.9. The predicted molar refractivity (Wildman–Crippen MR) is 314 cm³/mol. The van der Waals surface area contributed by atoms with Gasteiger partial charge < -0.3 is 81.7 Å². The van der Waals surface area contributed by atoms with Gasteiger partial charge in [0.1, 0.15) is 43.3 Å². The maximum absolute atomic E-state index is 12.5. The van der Waals surface area contributed by atoms with Gasteiger partial charge in [-0.25, -0.2) is 13.3 Å². The van der Waals surface area contributed by atoms with E-state index >= 15 is 0 Å². The van der Waals surface area contributed by atoms with Crippen LogP contribution in [0.25, 0.3) is 0 Å². The molecule has 27 nitrogen and oxygen atoms in total. The summed E-state index contributed by atoms with van der Waals surface area (Å²) in [6.07, 6.45) is 16.8. The van der Waals surface area contributed by atoms with Gasteiger partial charge in [-0.05, 0) is 65.7 Å². The summed E-state index contributed by atoms with van der Waals surface area (Å²) in [6, 6.07) is -3.00. The van der Waals surface area contributed by atoms with Crippen LogP contribution in [0.5, 0.6) is 0 Å². The van der Waals surface area contributed by atoms with Crippen molar-refractivity contribution in [1.29, 1.82) is 0 Å². The minimum absolute atomic E-state index is 0.0621. The number of rotatable bonds is 54. The number of ether oxygens (including phenoxy) is 4. The van der Waals surface area contributed by atoms with Gasteiger partial charge in [-0.1, -0.05) is 77.0 Å². The number of nitrogens with two attached hydrogens (primary N) is 1. The highest BCUT2D eigenvalue weighted by Gasteiger charge is 2.28. The third-order valence-electron chi connectivity index (χ3n) is 13.0. The standard InChI is InChI=1S/C55H95IN10O17/c1-39(68)49(50(57)74)64-52(75)42(66-56)20-17-18-26-58-47(72)36-82-33-32-81-30-28-60-48(73)37-83-34-31-80-29-27-59-44(69)25-23-43(54(78)79)63-45(70)21-16-14-12-10-8-6-4-5-7-9-11-13-15-19-41(53(76)77)51-61-35-40(62-51)22-24-46(71)65-55(2,3)38-67/h35,38-39,41-43,49,66,68H,4-34,36-37H2,1-3H3,(H2,57,74)(H,58,72)(H,59,69)(H,60,73)(H,61,62)(H,63,70)(H,64,75)(H,65,71)(H,76,77)(H,78,79)/t39-,41?,42+,43+,49+/m1/s1. The highest BCUT2D eigenvalue weighted by molar-refractivity contribution is 14.1. The molecule has 474 valence electrons. The van der Waals surface area contributed by atoms with Crippen molar-refractivity contribution >= 4 is 82.4 Å². The molecule has 0 fully saturated rings. The number of aliphatic carboxylic acids is 2. The monoisotopic (exact) mass is 1290 g/mol. The first-order valence-corrected chi connectivity index (χ1v) is 30.1. The number of hydrogen-bond donors (Lipinski definition) is 12. The van der Waals surface area contributed by atoms with E-state index in [1.165, 1.54) is 6.92 Å². The molecule has 0 spiro atoms. The second-order valence-corrected chi connectivity index (χ2v) is 21.5. The number of primary amides is 1. The van der Waals surface area contributed by atoms with Crippen molar-refractivity contribution in [1.82, 2.24) is 45.4 Å². The topological polar surface area (TPSA) is 407 Å². The van der Waals surface area contributed by atoms with E-state index in [1.807, 2.05) is 22.9 Å². The molecule has 13 N–H and O–H groups in total. The van der Waals surface area contributed by atoms with Gasteiger partial charge in [-0.15, -0.1) is 0 Å². The van der Waals surface area contributed by atoms with Gasteiger partial charge in [0, 0.05) is 68.0 Å². The lowest BCUT2D eigenvalue weighted by molar-refractivity contribution is -0.142. The van der Waals surface area contributed by atoms with Crippen molar-refractivity contribution in [3.63, 3.8) is 0 Å². The number of aliphatic hydroxyl groups excluding tert-OH is 1. The molecule has 0 aliphatic rings. The van der Waals surface area contributed by atoms with E-state index in [0.717, 1.165) is 77.0 Å². The molecule has 1 aromatic rings. The molecular formula is C55H95IN10O17. The van der Waals surface area contributed by atoms with Crippen molar-refractivity contribution in [2.24, 2.45) is 5.73 Å². The van der Waals surface area contributed by atoms with Crippen molar-refractivity contribution in [2.45, 2.75) is 198 Å². The number of aliphatic hydroxyl groups is 1. The quantitative estimate of drug-likeness (QED) is 0.0192. The largest absolute Gasteiger partial charge is 0.481 e. The zero-order chi connectivity index (χ0) is 61.7. The number of carboxylic acids is 2. The molecule has 7 amide bonds. The molecule has 1 aromatic heterocycles. The maximum Gasteiger partial charge on any atom is 0.326 e. The molecule has 0 bridgehead atoms. The predicted octanol–water partition coefficient (Wildman–Crippen LogP) is 2.05. The molecule has 1 unspecified atom stereocenters.